The maximum Gasteiger partial charge on any atom is 0.305 e. The van der Waals surface area contributed by atoms with Gasteiger partial charge in [0.05, 0.1) is 6.61 Å². The molecule has 3 heteroatoms. The Kier molecular flexibility index (Phi) is 13.2. The molecular formula is C25H40O3. The zero-order valence-electron chi connectivity index (χ0n) is 18.5. The smallest absolute Gasteiger partial charge is 0.305 e. The van der Waals surface area contributed by atoms with Gasteiger partial charge in [-0.05, 0) is 76.8 Å². The van der Waals surface area contributed by atoms with E-state index < -0.39 is 0 Å². The Morgan fingerprint density at radius 3 is 2.21 bits per heavy atom. The maximum atomic E-state index is 11.2. The second-order valence-corrected chi connectivity index (χ2v) is 7.40. The molecule has 158 valence electrons. The van der Waals surface area contributed by atoms with E-state index in [-0.39, 0.29) is 5.97 Å². The van der Waals surface area contributed by atoms with E-state index in [4.69, 9.17) is 9.15 Å². The molecule has 0 aliphatic heterocycles. The zero-order chi connectivity index (χ0) is 20.6. The van der Waals surface area contributed by atoms with Crippen LogP contribution in [0, 0.1) is 13.8 Å². The molecular weight excluding hydrogens is 348 g/mol. The summed E-state index contributed by atoms with van der Waals surface area (Å²) in [6, 6.07) is 0. The first kappa shape index (κ1) is 24.3. The van der Waals surface area contributed by atoms with Crippen LogP contribution in [0.25, 0.3) is 0 Å². The highest BCUT2D eigenvalue weighted by atomic mass is 16.5. The quantitative estimate of drug-likeness (QED) is 0.181. The summed E-state index contributed by atoms with van der Waals surface area (Å²) >= 11 is 0. The standard InChI is InChI=1S/C25H40O3/c1-5-7-15-18-23-21(3)22(4)24(28-23)19-16-13-11-9-8-10-12-14-17-20-25(26)27-6-2/h7-8,10,15H,5-6,9,11-14,16-20H2,1-4H3. The van der Waals surface area contributed by atoms with Crippen LogP contribution in [0.3, 0.4) is 0 Å². The summed E-state index contributed by atoms with van der Waals surface area (Å²) in [5, 5.41) is 0. The first-order chi connectivity index (χ1) is 13.6. The summed E-state index contributed by atoms with van der Waals surface area (Å²) in [5.41, 5.74) is 2.66. The number of ether oxygens (including phenoxy) is 1. The van der Waals surface area contributed by atoms with Gasteiger partial charge in [-0.1, -0.05) is 37.6 Å². The van der Waals surface area contributed by atoms with Gasteiger partial charge in [0.25, 0.3) is 0 Å². The molecule has 0 atom stereocenters. The molecule has 0 saturated heterocycles. The van der Waals surface area contributed by atoms with Crippen molar-refractivity contribution in [3.05, 3.63) is 47.0 Å². The summed E-state index contributed by atoms with van der Waals surface area (Å²) < 4.78 is 11.0. The summed E-state index contributed by atoms with van der Waals surface area (Å²) in [6.07, 6.45) is 20.3. The number of hydrogen-bond acceptors (Lipinski definition) is 3. The first-order valence-corrected chi connectivity index (χ1v) is 11.1. The van der Waals surface area contributed by atoms with Gasteiger partial charge < -0.3 is 9.15 Å². The second kappa shape index (κ2) is 15.2. The van der Waals surface area contributed by atoms with Crippen molar-refractivity contribution in [3.8, 4) is 0 Å². The molecule has 0 bridgehead atoms. The van der Waals surface area contributed by atoms with Crippen LogP contribution in [-0.4, -0.2) is 12.6 Å². The molecule has 0 aliphatic rings. The molecule has 28 heavy (non-hydrogen) atoms. The van der Waals surface area contributed by atoms with Crippen LogP contribution in [0.1, 0.15) is 94.3 Å². The number of allylic oxidation sites excluding steroid dienone is 4. The molecule has 1 aromatic rings. The van der Waals surface area contributed by atoms with E-state index in [9.17, 15) is 4.79 Å². The summed E-state index contributed by atoms with van der Waals surface area (Å²) in [5.74, 6) is 2.23. The van der Waals surface area contributed by atoms with E-state index in [1.807, 2.05) is 6.92 Å². The van der Waals surface area contributed by atoms with Crippen molar-refractivity contribution in [1.82, 2.24) is 0 Å². The second-order valence-electron chi connectivity index (χ2n) is 7.40. The Labute approximate surface area is 172 Å². The van der Waals surface area contributed by atoms with Crippen LogP contribution in [0.2, 0.25) is 0 Å². The first-order valence-electron chi connectivity index (χ1n) is 11.1. The molecule has 1 rings (SSSR count). The number of unbranched alkanes of at least 4 members (excludes halogenated alkanes) is 5. The van der Waals surface area contributed by atoms with Crippen LogP contribution in [0.15, 0.2) is 28.7 Å². The fourth-order valence-corrected chi connectivity index (χ4v) is 3.24. The van der Waals surface area contributed by atoms with Crippen LogP contribution < -0.4 is 0 Å². The number of aryl methyl sites for hydroxylation is 1. The summed E-state index contributed by atoms with van der Waals surface area (Å²) in [4.78, 5) is 11.2. The highest BCUT2D eigenvalue weighted by Gasteiger charge is 2.12. The molecule has 3 nitrogen and oxygen atoms in total. The predicted octanol–water partition coefficient (Wildman–Crippen LogP) is 7.19. The van der Waals surface area contributed by atoms with Gasteiger partial charge in [0, 0.05) is 19.3 Å². The lowest BCUT2D eigenvalue weighted by Gasteiger charge is -2.00. The van der Waals surface area contributed by atoms with E-state index in [2.05, 4.69) is 45.1 Å². The highest BCUT2D eigenvalue weighted by Crippen LogP contribution is 2.24. The van der Waals surface area contributed by atoms with Gasteiger partial charge in [0.2, 0.25) is 0 Å². The van der Waals surface area contributed by atoms with E-state index in [0.29, 0.717) is 13.0 Å². The van der Waals surface area contributed by atoms with Crippen molar-refractivity contribution in [3.63, 3.8) is 0 Å². The number of rotatable bonds is 15. The van der Waals surface area contributed by atoms with Crippen molar-refractivity contribution < 1.29 is 13.9 Å². The normalized spacial score (nSPS) is 11.7. The number of hydrogen-bond donors (Lipinski definition) is 0. The molecule has 1 heterocycles. The van der Waals surface area contributed by atoms with Crippen molar-refractivity contribution in [2.45, 2.75) is 98.3 Å². The number of furan rings is 1. The van der Waals surface area contributed by atoms with Crippen LogP contribution in [0.4, 0.5) is 0 Å². The zero-order valence-corrected chi connectivity index (χ0v) is 18.5. The maximum absolute atomic E-state index is 11.2. The average molecular weight is 389 g/mol. The minimum atomic E-state index is -0.0713. The third-order valence-corrected chi connectivity index (χ3v) is 5.10. The van der Waals surface area contributed by atoms with Gasteiger partial charge in [0.15, 0.2) is 0 Å². The third kappa shape index (κ3) is 9.96. The van der Waals surface area contributed by atoms with Crippen molar-refractivity contribution in [1.29, 1.82) is 0 Å². The lowest BCUT2D eigenvalue weighted by molar-refractivity contribution is -0.143. The van der Waals surface area contributed by atoms with Crippen molar-refractivity contribution >= 4 is 5.97 Å². The Bertz CT molecular complexity index is 608. The number of carbonyl (C=O) groups excluding carboxylic acids is 1. The average Bonchev–Trinajstić information content (AvgIpc) is 2.94. The molecule has 0 aliphatic carbocycles. The minimum absolute atomic E-state index is 0.0713. The molecule has 0 aromatic carbocycles. The molecule has 0 saturated carbocycles. The van der Waals surface area contributed by atoms with Crippen LogP contribution in [0.5, 0.6) is 0 Å². The Hall–Kier alpha value is -1.77. The van der Waals surface area contributed by atoms with Gasteiger partial charge in [-0.2, -0.15) is 0 Å². The molecule has 1 aromatic heterocycles. The molecule has 0 spiro atoms. The number of carbonyl (C=O) groups is 1. The van der Waals surface area contributed by atoms with Gasteiger partial charge in [-0.15, -0.1) is 0 Å². The Morgan fingerprint density at radius 1 is 0.857 bits per heavy atom. The molecule has 0 amide bonds. The lowest BCUT2D eigenvalue weighted by atomic mass is 10.1. The van der Waals surface area contributed by atoms with Gasteiger partial charge >= 0.3 is 5.97 Å². The van der Waals surface area contributed by atoms with E-state index in [1.54, 1.807) is 0 Å². The fourth-order valence-electron chi connectivity index (χ4n) is 3.24. The molecule has 0 unspecified atom stereocenters. The minimum Gasteiger partial charge on any atom is -0.466 e. The monoisotopic (exact) mass is 388 g/mol. The van der Waals surface area contributed by atoms with Gasteiger partial charge in [0.1, 0.15) is 11.5 Å². The van der Waals surface area contributed by atoms with E-state index in [1.165, 1.54) is 36.1 Å². The SMILES string of the molecule is CCC=CCc1oc(CCCCCC=CCCCCC(=O)OCC)c(C)c1C. The fraction of sp³-hybridized carbons (Fsp3) is 0.640. The van der Waals surface area contributed by atoms with E-state index in [0.717, 1.165) is 50.7 Å². The van der Waals surface area contributed by atoms with Gasteiger partial charge in [-0.25, -0.2) is 0 Å². The Balaban J connectivity index is 2.12. The van der Waals surface area contributed by atoms with Crippen LogP contribution in [-0.2, 0) is 22.4 Å². The van der Waals surface area contributed by atoms with Crippen LogP contribution >= 0.6 is 0 Å². The third-order valence-electron chi connectivity index (χ3n) is 5.10. The lowest BCUT2D eigenvalue weighted by Crippen LogP contribution is -2.02. The molecule has 0 N–H and O–H groups in total. The van der Waals surface area contributed by atoms with E-state index >= 15 is 0 Å². The number of esters is 1. The topological polar surface area (TPSA) is 39.4 Å². The molecule has 0 radical (unpaired) electrons. The summed E-state index contributed by atoms with van der Waals surface area (Å²) in [6.45, 7) is 8.85. The van der Waals surface area contributed by atoms with Crippen molar-refractivity contribution in [2.75, 3.05) is 6.61 Å². The highest BCUT2D eigenvalue weighted by molar-refractivity contribution is 5.69. The predicted molar refractivity (Wildman–Crippen MR) is 118 cm³/mol. The van der Waals surface area contributed by atoms with Crippen molar-refractivity contribution in [2.24, 2.45) is 0 Å². The largest absolute Gasteiger partial charge is 0.466 e. The van der Waals surface area contributed by atoms with Gasteiger partial charge in [-0.3, -0.25) is 4.79 Å². The molecule has 0 fully saturated rings. The Morgan fingerprint density at radius 2 is 1.54 bits per heavy atom. The summed E-state index contributed by atoms with van der Waals surface area (Å²) in [7, 11) is 0.